The van der Waals surface area contributed by atoms with Gasteiger partial charge in [-0.05, 0) is 52.8 Å². The van der Waals surface area contributed by atoms with Crippen LogP contribution in [0.4, 0.5) is 8.78 Å². The standard InChI is InChI=1S/C14H12F2IN/c15-11-5-3-6-12(16)10(11)8-14(18)9-4-1-2-7-13(9)17/h1-7,14H,8,18H2. The van der Waals surface area contributed by atoms with Crippen LogP contribution in [-0.4, -0.2) is 0 Å². The Morgan fingerprint density at radius 2 is 1.61 bits per heavy atom. The van der Waals surface area contributed by atoms with Crippen molar-refractivity contribution in [3.63, 3.8) is 0 Å². The molecule has 1 atom stereocenters. The molecule has 2 rings (SSSR count). The Morgan fingerprint density at radius 3 is 2.22 bits per heavy atom. The number of hydrogen-bond acceptors (Lipinski definition) is 1. The zero-order valence-corrected chi connectivity index (χ0v) is 11.7. The number of halogens is 3. The first-order valence-electron chi connectivity index (χ1n) is 5.52. The second kappa shape index (κ2) is 5.75. The molecule has 4 heteroatoms. The molecule has 0 amide bonds. The summed E-state index contributed by atoms with van der Waals surface area (Å²) in [5, 5.41) is 0. The van der Waals surface area contributed by atoms with Crippen molar-refractivity contribution in [1.82, 2.24) is 0 Å². The predicted octanol–water partition coefficient (Wildman–Crippen LogP) is 3.81. The highest BCUT2D eigenvalue weighted by Crippen LogP contribution is 2.23. The topological polar surface area (TPSA) is 26.0 Å². The molecule has 0 saturated carbocycles. The van der Waals surface area contributed by atoms with Gasteiger partial charge in [0.1, 0.15) is 11.6 Å². The van der Waals surface area contributed by atoms with Gasteiger partial charge >= 0.3 is 0 Å². The van der Waals surface area contributed by atoms with Gasteiger partial charge in [0, 0.05) is 15.2 Å². The predicted molar refractivity (Wildman–Crippen MR) is 76.1 cm³/mol. The third-order valence-electron chi connectivity index (χ3n) is 2.79. The van der Waals surface area contributed by atoms with Gasteiger partial charge in [0.2, 0.25) is 0 Å². The molecule has 2 aromatic carbocycles. The fraction of sp³-hybridized carbons (Fsp3) is 0.143. The number of nitrogens with two attached hydrogens (primary N) is 1. The lowest BCUT2D eigenvalue weighted by Crippen LogP contribution is -2.16. The van der Waals surface area contributed by atoms with E-state index in [0.717, 1.165) is 9.13 Å². The van der Waals surface area contributed by atoms with Crippen LogP contribution in [0, 0.1) is 15.2 Å². The van der Waals surface area contributed by atoms with Gasteiger partial charge in [-0.2, -0.15) is 0 Å². The molecule has 2 N–H and O–H groups in total. The van der Waals surface area contributed by atoms with E-state index >= 15 is 0 Å². The molecule has 0 aliphatic rings. The Morgan fingerprint density at radius 1 is 1.00 bits per heavy atom. The van der Waals surface area contributed by atoms with Crippen LogP contribution in [0.3, 0.4) is 0 Å². The molecule has 0 spiro atoms. The zero-order valence-electron chi connectivity index (χ0n) is 9.54. The highest BCUT2D eigenvalue weighted by molar-refractivity contribution is 14.1. The van der Waals surface area contributed by atoms with E-state index < -0.39 is 17.7 Å². The van der Waals surface area contributed by atoms with Crippen molar-refractivity contribution in [3.05, 3.63) is 68.8 Å². The molecule has 0 aliphatic heterocycles. The summed E-state index contributed by atoms with van der Waals surface area (Å²) in [5.74, 6) is -1.09. The highest BCUT2D eigenvalue weighted by Gasteiger charge is 2.15. The smallest absolute Gasteiger partial charge is 0.129 e. The van der Waals surface area contributed by atoms with Gasteiger partial charge in [-0.1, -0.05) is 24.3 Å². The number of rotatable bonds is 3. The van der Waals surface area contributed by atoms with Crippen LogP contribution in [0.25, 0.3) is 0 Å². The first-order valence-corrected chi connectivity index (χ1v) is 6.60. The van der Waals surface area contributed by atoms with Crippen molar-refractivity contribution >= 4 is 22.6 Å². The van der Waals surface area contributed by atoms with Crippen LogP contribution in [0.2, 0.25) is 0 Å². The fourth-order valence-electron chi connectivity index (χ4n) is 1.83. The molecule has 1 nitrogen and oxygen atoms in total. The largest absolute Gasteiger partial charge is 0.324 e. The van der Waals surface area contributed by atoms with E-state index in [9.17, 15) is 8.78 Å². The number of benzene rings is 2. The average molecular weight is 359 g/mol. The molecule has 0 radical (unpaired) electrons. The van der Waals surface area contributed by atoms with Crippen molar-refractivity contribution in [2.45, 2.75) is 12.5 Å². The van der Waals surface area contributed by atoms with Crippen molar-refractivity contribution in [2.24, 2.45) is 5.73 Å². The van der Waals surface area contributed by atoms with E-state index in [2.05, 4.69) is 22.6 Å². The molecule has 0 heterocycles. The second-order valence-electron chi connectivity index (χ2n) is 4.03. The zero-order chi connectivity index (χ0) is 13.1. The van der Waals surface area contributed by atoms with Gasteiger partial charge in [-0.3, -0.25) is 0 Å². The molecular formula is C14H12F2IN. The van der Waals surface area contributed by atoms with Gasteiger partial charge in [0.25, 0.3) is 0 Å². The third kappa shape index (κ3) is 2.87. The molecule has 0 aromatic heterocycles. The van der Waals surface area contributed by atoms with Crippen LogP contribution in [0.5, 0.6) is 0 Å². The van der Waals surface area contributed by atoms with Crippen LogP contribution in [0.15, 0.2) is 42.5 Å². The van der Waals surface area contributed by atoms with Crippen molar-refractivity contribution in [2.75, 3.05) is 0 Å². The maximum absolute atomic E-state index is 13.5. The molecule has 2 aromatic rings. The van der Waals surface area contributed by atoms with Gasteiger partial charge in [-0.15, -0.1) is 0 Å². The second-order valence-corrected chi connectivity index (χ2v) is 5.19. The Balaban J connectivity index is 2.27. The van der Waals surface area contributed by atoms with E-state index in [1.165, 1.54) is 18.2 Å². The summed E-state index contributed by atoms with van der Waals surface area (Å²) in [7, 11) is 0. The first-order chi connectivity index (χ1) is 8.59. The molecule has 1 unspecified atom stereocenters. The molecule has 0 bridgehead atoms. The molecular weight excluding hydrogens is 347 g/mol. The summed E-state index contributed by atoms with van der Waals surface area (Å²) >= 11 is 2.17. The van der Waals surface area contributed by atoms with Gasteiger partial charge in [-0.25, -0.2) is 8.78 Å². The van der Waals surface area contributed by atoms with Crippen LogP contribution in [-0.2, 0) is 6.42 Å². The van der Waals surface area contributed by atoms with E-state index in [0.29, 0.717) is 0 Å². The quantitative estimate of drug-likeness (QED) is 0.829. The molecule has 18 heavy (non-hydrogen) atoms. The summed E-state index contributed by atoms with van der Waals surface area (Å²) in [6.45, 7) is 0. The lowest BCUT2D eigenvalue weighted by molar-refractivity contribution is 0.539. The van der Waals surface area contributed by atoms with Crippen LogP contribution in [0.1, 0.15) is 17.2 Å². The first kappa shape index (κ1) is 13.4. The third-order valence-corrected chi connectivity index (χ3v) is 3.77. The Bertz CT molecular complexity index is 537. The lowest BCUT2D eigenvalue weighted by atomic mass is 9.99. The maximum Gasteiger partial charge on any atom is 0.129 e. The lowest BCUT2D eigenvalue weighted by Gasteiger charge is -2.14. The Labute approximate surface area is 118 Å². The van der Waals surface area contributed by atoms with Gasteiger partial charge < -0.3 is 5.73 Å². The Hall–Kier alpha value is -1.01. The number of hydrogen-bond donors (Lipinski definition) is 1. The summed E-state index contributed by atoms with van der Waals surface area (Å²) in [4.78, 5) is 0. The van der Waals surface area contributed by atoms with Crippen molar-refractivity contribution in [3.8, 4) is 0 Å². The summed E-state index contributed by atoms with van der Waals surface area (Å²) in [6, 6.07) is 11.0. The highest BCUT2D eigenvalue weighted by atomic mass is 127. The average Bonchev–Trinajstić information content (AvgIpc) is 2.34. The minimum Gasteiger partial charge on any atom is -0.324 e. The minimum atomic E-state index is -0.545. The maximum atomic E-state index is 13.5. The van der Waals surface area contributed by atoms with Gasteiger partial charge in [0.15, 0.2) is 0 Å². The fourth-order valence-corrected chi connectivity index (χ4v) is 2.62. The van der Waals surface area contributed by atoms with Crippen LogP contribution < -0.4 is 5.73 Å². The molecule has 94 valence electrons. The summed E-state index contributed by atoms with van der Waals surface area (Å²) < 4.78 is 28.1. The molecule has 0 aliphatic carbocycles. The van der Waals surface area contributed by atoms with Gasteiger partial charge in [0.05, 0.1) is 0 Å². The monoisotopic (exact) mass is 359 g/mol. The van der Waals surface area contributed by atoms with Crippen molar-refractivity contribution < 1.29 is 8.78 Å². The summed E-state index contributed by atoms with van der Waals surface area (Å²) in [5.41, 5.74) is 6.98. The summed E-state index contributed by atoms with van der Waals surface area (Å²) in [6.07, 6.45) is 0.151. The molecule has 0 fully saturated rings. The Kier molecular flexibility index (Phi) is 4.29. The minimum absolute atomic E-state index is 0.0460. The van der Waals surface area contributed by atoms with E-state index in [1.54, 1.807) is 0 Å². The van der Waals surface area contributed by atoms with E-state index in [1.807, 2.05) is 24.3 Å². The van der Waals surface area contributed by atoms with Crippen molar-refractivity contribution in [1.29, 1.82) is 0 Å². The normalized spacial score (nSPS) is 12.4. The van der Waals surface area contributed by atoms with E-state index in [-0.39, 0.29) is 12.0 Å². The molecule has 0 saturated heterocycles. The van der Waals surface area contributed by atoms with Crippen LogP contribution >= 0.6 is 22.6 Å². The SMILES string of the molecule is NC(Cc1c(F)cccc1F)c1ccccc1I. The van der Waals surface area contributed by atoms with E-state index in [4.69, 9.17) is 5.73 Å².